The van der Waals surface area contributed by atoms with Gasteiger partial charge < -0.3 is 10.6 Å². The first-order chi connectivity index (χ1) is 6.25. The Bertz CT molecular complexity index is 153. The van der Waals surface area contributed by atoms with Gasteiger partial charge in [0, 0.05) is 25.7 Å². The summed E-state index contributed by atoms with van der Waals surface area (Å²) >= 11 is 0. The quantitative estimate of drug-likeness (QED) is 0.700. The van der Waals surface area contributed by atoms with E-state index in [1.807, 2.05) is 0 Å². The Morgan fingerprint density at radius 3 is 2.23 bits per heavy atom. The van der Waals surface area contributed by atoms with E-state index in [4.69, 9.17) is 5.73 Å². The molecule has 0 radical (unpaired) electrons. The van der Waals surface area contributed by atoms with Gasteiger partial charge in [-0.25, -0.2) is 0 Å². The Morgan fingerprint density at radius 1 is 1.23 bits per heavy atom. The largest absolute Gasteiger partial charge is 0.327 e. The van der Waals surface area contributed by atoms with E-state index >= 15 is 0 Å². The number of rotatable bonds is 2. The van der Waals surface area contributed by atoms with E-state index in [0.717, 1.165) is 18.4 Å². The minimum Gasteiger partial charge on any atom is -0.327 e. The van der Waals surface area contributed by atoms with Crippen LogP contribution >= 0.6 is 0 Å². The van der Waals surface area contributed by atoms with Crippen molar-refractivity contribution in [3.8, 4) is 0 Å². The fraction of sp³-hybridized carbons (Fsp3) is 1.00. The molecule has 0 aromatic rings. The minimum atomic E-state index is 0.347. The molecule has 1 saturated carbocycles. The van der Waals surface area contributed by atoms with Gasteiger partial charge in [0.2, 0.25) is 0 Å². The number of hydrogen-bond acceptors (Lipinski definition) is 2. The Morgan fingerprint density at radius 2 is 1.77 bits per heavy atom. The molecule has 0 aromatic heterocycles. The standard InChI is InChI=1S/C11H22N2/c1-9(12)6-13-7-10-4-2-3-5-11(10)8-13/h9-11H,2-8,12H2,1H3. The minimum absolute atomic E-state index is 0.347. The molecular formula is C11H22N2. The molecule has 2 fully saturated rings. The molecule has 1 saturated heterocycles. The fourth-order valence-electron chi connectivity index (χ4n) is 3.06. The highest BCUT2D eigenvalue weighted by atomic mass is 15.2. The monoisotopic (exact) mass is 182 g/mol. The molecule has 0 spiro atoms. The summed E-state index contributed by atoms with van der Waals surface area (Å²) in [5, 5.41) is 0. The second-order valence-corrected chi connectivity index (χ2v) is 5.00. The molecule has 3 atom stereocenters. The molecule has 3 unspecified atom stereocenters. The summed E-state index contributed by atoms with van der Waals surface area (Å²) < 4.78 is 0. The lowest BCUT2D eigenvalue weighted by Gasteiger charge is -2.23. The lowest BCUT2D eigenvalue weighted by molar-refractivity contribution is 0.299. The van der Waals surface area contributed by atoms with Gasteiger partial charge in [-0.1, -0.05) is 12.8 Å². The van der Waals surface area contributed by atoms with Crippen molar-refractivity contribution in [3.63, 3.8) is 0 Å². The highest BCUT2D eigenvalue weighted by molar-refractivity contribution is 4.87. The van der Waals surface area contributed by atoms with Crippen molar-refractivity contribution in [3.05, 3.63) is 0 Å². The van der Waals surface area contributed by atoms with Crippen molar-refractivity contribution in [2.45, 2.75) is 38.6 Å². The predicted octanol–water partition coefficient (Wildman–Crippen LogP) is 1.46. The zero-order valence-corrected chi connectivity index (χ0v) is 8.71. The van der Waals surface area contributed by atoms with Crippen LogP contribution in [-0.4, -0.2) is 30.6 Å². The van der Waals surface area contributed by atoms with Gasteiger partial charge in [-0.05, 0) is 31.6 Å². The van der Waals surface area contributed by atoms with Crippen molar-refractivity contribution in [1.82, 2.24) is 4.90 Å². The Labute approximate surface area is 81.5 Å². The second kappa shape index (κ2) is 3.97. The van der Waals surface area contributed by atoms with Crippen LogP contribution in [0.1, 0.15) is 32.6 Å². The fourth-order valence-corrected chi connectivity index (χ4v) is 3.06. The normalized spacial score (nSPS) is 37.4. The van der Waals surface area contributed by atoms with Crippen molar-refractivity contribution < 1.29 is 0 Å². The van der Waals surface area contributed by atoms with Crippen LogP contribution in [0, 0.1) is 11.8 Å². The smallest absolute Gasteiger partial charge is 0.0139 e. The van der Waals surface area contributed by atoms with Crippen LogP contribution in [0.25, 0.3) is 0 Å². The average molecular weight is 182 g/mol. The van der Waals surface area contributed by atoms with E-state index < -0.39 is 0 Å². The number of nitrogens with two attached hydrogens (primary N) is 1. The summed E-state index contributed by atoms with van der Waals surface area (Å²) in [5.41, 5.74) is 5.82. The maximum Gasteiger partial charge on any atom is 0.0139 e. The van der Waals surface area contributed by atoms with Crippen LogP contribution in [0.4, 0.5) is 0 Å². The zero-order chi connectivity index (χ0) is 9.26. The SMILES string of the molecule is CC(N)CN1CC2CCCCC2C1. The third-order valence-corrected chi connectivity index (χ3v) is 3.60. The molecule has 13 heavy (non-hydrogen) atoms. The summed E-state index contributed by atoms with van der Waals surface area (Å²) in [6.07, 6.45) is 5.88. The summed E-state index contributed by atoms with van der Waals surface area (Å²) in [4.78, 5) is 2.57. The maximum atomic E-state index is 5.82. The molecule has 76 valence electrons. The van der Waals surface area contributed by atoms with Crippen LogP contribution in [0.5, 0.6) is 0 Å². The third kappa shape index (κ3) is 2.23. The first kappa shape index (κ1) is 9.47. The summed E-state index contributed by atoms with van der Waals surface area (Å²) in [7, 11) is 0. The second-order valence-electron chi connectivity index (χ2n) is 5.00. The predicted molar refractivity (Wildman–Crippen MR) is 55.5 cm³/mol. The molecule has 1 aliphatic heterocycles. The molecule has 0 amide bonds. The van der Waals surface area contributed by atoms with E-state index in [1.165, 1.54) is 38.8 Å². The molecule has 2 aliphatic rings. The van der Waals surface area contributed by atoms with E-state index in [-0.39, 0.29) is 0 Å². The lowest BCUT2D eigenvalue weighted by atomic mass is 9.82. The molecule has 2 nitrogen and oxygen atoms in total. The van der Waals surface area contributed by atoms with Crippen LogP contribution in [0.15, 0.2) is 0 Å². The van der Waals surface area contributed by atoms with E-state index in [2.05, 4.69) is 11.8 Å². The molecule has 0 aromatic carbocycles. The number of fused-ring (bicyclic) bond motifs is 1. The van der Waals surface area contributed by atoms with Gasteiger partial charge in [0.25, 0.3) is 0 Å². The van der Waals surface area contributed by atoms with E-state index in [0.29, 0.717) is 6.04 Å². The molecule has 1 heterocycles. The highest BCUT2D eigenvalue weighted by Gasteiger charge is 2.33. The lowest BCUT2D eigenvalue weighted by Crippen LogP contribution is -2.34. The van der Waals surface area contributed by atoms with E-state index in [1.54, 1.807) is 0 Å². The first-order valence-corrected chi connectivity index (χ1v) is 5.73. The van der Waals surface area contributed by atoms with Crippen molar-refractivity contribution in [2.24, 2.45) is 17.6 Å². The van der Waals surface area contributed by atoms with Gasteiger partial charge in [-0.2, -0.15) is 0 Å². The number of likely N-dealkylation sites (tertiary alicyclic amines) is 1. The molecular weight excluding hydrogens is 160 g/mol. The van der Waals surface area contributed by atoms with Gasteiger partial charge in [0.15, 0.2) is 0 Å². The first-order valence-electron chi connectivity index (χ1n) is 5.73. The number of nitrogens with zero attached hydrogens (tertiary/aromatic N) is 1. The highest BCUT2D eigenvalue weighted by Crippen LogP contribution is 2.35. The van der Waals surface area contributed by atoms with Gasteiger partial charge >= 0.3 is 0 Å². The molecule has 2 N–H and O–H groups in total. The Kier molecular flexibility index (Phi) is 2.89. The van der Waals surface area contributed by atoms with E-state index in [9.17, 15) is 0 Å². The summed E-state index contributed by atoms with van der Waals surface area (Å²) in [6, 6.07) is 0.347. The average Bonchev–Trinajstić information content (AvgIpc) is 2.44. The molecule has 2 heteroatoms. The zero-order valence-electron chi connectivity index (χ0n) is 8.71. The van der Waals surface area contributed by atoms with Crippen molar-refractivity contribution >= 4 is 0 Å². The van der Waals surface area contributed by atoms with Crippen LogP contribution < -0.4 is 5.73 Å². The van der Waals surface area contributed by atoms with Gasteiger partial charge in [0.05, 0.1) is 0 Å². The summed E-state index contributed by atoms with van der Waals surface area (Å²) in [6.45, 7) is 5.87. The van der Waals surface area contributed by atoms with Gasteiger partial charge in [0.1, 0.15) is 0 Å². The molecule has 0 bridgehead atoms. The van der Waals surface area contributed by atoms with Crippen molar-refractivity contribution in [1.29, 1.82) is 0 Å². The van der Waals surface area contributed by atoms with Crippen LogP contribution in [0.2, 0.25) is 0 Å². The Balaban J connectivity index is 1.84. The summed E-state index contributed by atoms with van der Waals surface area (Å²) in [5.74, 6) is 2.01. The molecule has 1 aliphatic carbocycles. The van der Waals surface area contributed by atoms with Crippen LogP contribution in [-0.2, 0) is 0 Å². The Hall–Kier alpha value is -0.0800. The maximum absolute atomic E-state index is 5.82. The third-order valence-electron chi connectivity index (χ3n) is 3.60. The molecule has 2 rings (SSSR count). The van der Waals surface area contributed by atoms with Gasteiger partial charge in [-0.15, -0.1) is 0 Å². The topological polar surface area (TPSA) is 29.3 Å². The van der Waals surface area contributed by atoms with Crippen molar-refractivity contribution in [2.75, 3.05) is 19.6 Å². The number of hydrogen-bond donors (Lipinski definition) is 1. The van der Waals surface area contributed by atoms with Crippen LogP contribution in [0.3, 0.4) is 0 Å². The van der Waals surface area contributed by atoms with Gasteiger partial charge in [-0.3, -0.25) is 0 Å².